The zero-order valence-electron chi connectivity index (χ0n) is 13.9. The Hall–Kier alpha value is -0.820. The lowest BCUT2D eigenvalue weighted by Gasteiger charge is -2.20. The number of hydrogen-bond donors (Lipinski definition) is 1. The quantitative estimate of drug-likeness (QED) is 0.544. The highest BCUT2D eigenvalue weighted by Crippen LogP contribution is 2.16. The van der Waals surface area contributed by atoms with E-state index in [0.29, 0.717) is 12.1 Å². The molecule has 0 bridgehead atoms. The molecule has 0 amide bonds. The van der Waals surface area contributed by atoms with Crippen molar-refractivity contribution in [2.45, 2.75) is 84.7 Å². The van der Waals surface area contributed by atoms with Crippen LogP contribution in [0.2, 0.25) is 0 Å². The van der Waals surface area contributed by atoms with Gasteiger partial charge in [-0.2, -0.15) is 0 Å². The molecule has 1 aromatic carbocycles. The average Bonchev–Trinajstić information content (AvgIpc) is 2.46. The van der Waals surface area contributed by atoms with E-state index in [0.717, 1.165) is 0 Å². The summed E-state index contributed by atoms with van der Waals surface area (Å²) in [6.07, 6.45) is 9.07. The van der Waals surface area contributed by atoms with Crippen molar-refractivity contribution >= 4 is 0 Å². The molecule has 0 aliphatic carbocycles. The van der Waals surface area contributed by atoms with Crippen molar-refractivity contribution in [3.05, 3.63) is 35.4 Å². The second-order valence-corrected chi connectivity index (χ2v) is 6.13. The lowest BCUT2D eigenvalue weighted by Crippen LogP contribution is -2.28. The lowest BCUT2D eigenvalue weighted by atomic mass is 10.0. The molecule has 0 aliphatic heterocycles. The summed E-state index contributed by atoms with van der Waals surface area (Å²) in [7, 11) is 0. The molecular weight excluding hydrogens is 242 g/mol. The van der Waals surface area contributed by atoms with Gasteiger partial charge in [0.2, 0.25) is 0 Å². The van der Waals surface area contributed by atoms with E-state index in [-0.39, 0.29) is 0 Å². The van der Waals surface area contributed by atoms with Gasteiger partial charge in [-0.1, -0.05) is 63.8 Å². The first-order chi connectivity index (χ1) is 9.67. The summed E-state index contributed by atoms with van der Waals surface area (Å²) in [4.78, 5) is 0. The lowest BCUT2D eigenvalue weighted by molar-refractivity contribution is 0.440. The Morgan fingerprint density at radius 2 is 1.55 bits per heavy atom. The first-order valence-corrected chi connectivity index (χ1v) is 8.52. The second-order valence-electron chi connectivity index (χ2n) is 6.13. The van der Waals surface area contributed by atoms with Crippen LogP contribution in [-0.2, 0) is 6.42 Å². The Labute approximate surface area is 126 Å². The zero-order valence-corrected chi connectivity index (χ0v) is 13.9. The molecule has 1 nitrogen and oxygen atoms in total. The Morgan fingerprint density at radius 3 is 2.15 bits per heavy atom. The molecule has 0 aliphatic rings. The van der Waals surface area contributed by atoms with Gasteiger partial charge in [-0.3, -0.25) is 0 Å². The van der Waals surface area contributed by atoms with Gasteiger partial charge in [-0.25, -0.2) is 0 Å². The summed E-state index contributed by atoms with van der Waals surface area (Å²) >= 11 is 0. The van der Waals surface area contributed by atoms with Gasteiger partial charge in [0.15, 0.2) is 0 Å². The molecule has 0 fully saturated rings. The SMILES string of the molecule is CCCCCC(C)NC(C)c1ccc(CCCC)cc1. The molecule has 1 N–H and O–H groups in total. The summed E-state index contributed by atoms with van der Waals surface area (Å²) in [5.74, 6) is 0. The van der Waals surface area contributed by atoms with Gasteiger partial charge < -0.3 is 5.32 Å². The summed E-state index contributed by atoms with van der Waals surface area (Å²) in [6, 6.07) is 10.2. The third-order valence-corrected chi connectivity index (χ3v) is 4.07. The topological polar surface area (TPSA) is 12.0 Å². The van der Waals surface area contributed by atoms with E-state index >= 15 is 0 Å². The number of unbranched alkanes of at least 4 members (excludes halogenated alkanes) is 3. The fraction of sp³-hybridized carbons (Fsp3) is 0.684. The molecule has 1 heteroatoms. The first kappa shape index (κ1) is 17.2. The normalized spacial score (nSPS) is 14.2. The molecule has 0 aromatic heterocycles. The highest BCUT2D eigenvalue weighted by molar-refractivity contribution is 5.24. The highest BCUT2D eigenvalue weighted by atomic mass is 14.9. The largest absolute Gasteiger partial charge is 0.308 e. The molecule has 1 aromatic rings. The van der Waals surface area contributed by atoms with Crippen LogP contribution >= 0.6 is 0 Å². The van der Waals surface area contributed by atoms with Crippen LogP contribution in [0.25, 0.3) is 0 Å². The van der Waals surface area contributed by atoms with Gasteiger partial charge >= 0.3 is 0 Å². The molecule has 1 rings (SSSR count). The third-order valence-electron chi connectivity index (χ3n) is 4.07. The van der Waals surface area contributed by atoms with Crippen LogP contribution < -0.4 is 5.32 Å². The molecule has 2 unspecified atom stereocenters. The van der Waals surface area contributed by atoms with Crippen molar-refractivity contribution in [2.75, 3.05) is 0 Å². The van der Waals surface area contributed by atoms with Crippen molar-refractivity contribution in [2.24, 2.45) is 0 Å². The zero-order chi connectivity index (χ0) is 14.8. The van der Waals surface area contributed by atoms with Gasteiger partial charge in [0.05, 0.1) is 0 Å². The summed E-state index contributed by atoms with van der Waals surface area (Å²) < 4.78 is 0. The average molecular weight is 275 g/mol. The fourth-order valence-electron chi connectivity index (χ4n) is 2.66. The van der Waals surface area contributed by atoms with Gasteiger partial charge in [-0.15, -0.1) is 0 Å². The van der Waals surface area contributed by atoms with Crippen LogP contribution in [0.3, 0.4) is 0 Å². The van der Waals surface area contributed by atoms with Crippen LogP contribution in [-0.4, -0.2) is 6.04 Å². The van der Waals surface area contributed by atoms with Crippen molar-refractivity contribution in [1.29, 1.82) is 0 Å². The fourth-order valence-corrected chi connectivity index (χ4v) is 2.66. The van der Waals surface area contributed by atoms with Gasteiger partial charge in [0, 0.05) is 12.1 Å². The monoisotopic (exact) mass is 275 g/mol. The molecule has 0 spiro atoms. The molecule has 2 atom stereocenters. The standard InChI is InChI=1S/C19H33N/c1-5-7-9-10-16(3)20-17(4)19-14-12-18(13-15-19)11-8-6-2/h12-17,20H,5-11H2,1-4H3. The van der Waals surface area contributed by atoms with Crippen LogP contribution in [0.1, 0.15) is 83.4 Å². The smallest absolute Gasteiger partial charge is 0.0294 e. The van der Waals surface area contributed by atoms with E-state index in [9.17, 15) is 0 Å². The Kier molecular flexibility index (Phi) is 8.60. The highest BCUT2D eigenvalue weighted by Gasteiger charge is 2.09. The molecule has 0 saturated carbocycles. The van der Waals surface area contributed by atoms with Gasteiger partial charge in [0.25, 0.3) is 0 Å². The molecule has 0 radical (unpaired) electrons. The maximum absolute atomic E-state index is 3.72. The predicted molar refractivity (Wildman–Crippen MR) is 90.2 cm³/mol. The van der Waals surface area contributed by atoms with Crippen LogP contribution in [0.15, 0.2) is 24.3 Å². The van der Waals surface area contributed by atoms with E-state index < -0.39 is 0 Å². The van der Waals surface area contributed by atoms with Crippen LogP contribution in [0.4, 0.5) is 0 Å². The van der Waals surface area contributed by atoms with Crippen molar-refractivity contribution in [3.63, 3.8) is 0 Å². The summed E-state index contributed by atoms with van der Waals surface area (Å²) in [5, 5.41) is 3.72. The molecule has 114 valence electrons. The van der Waals surface area contributed by atoms with Crippen molar-refractivity contribution in [1.82, 2.24) is 5.32 Å². The van der Waals surface area contributed by atoms with E-state index in [2.05, 4.69) is 57.3 Å². The number of aryl methyl sites for hydroxylation is 1. The molecule has 0 saturated heterocycles. The Bertz CT molecular complexity index is 341. The number of hydrogen-bond acceptors (Lipinski definition) is 1. The molecule has 0 heterocycles. The molecule has 20 heavy (non-hydrogen) atoms. The third kappa shape index (κ3) is 6.56. The summed E-state index contributed by atoms with van der Waals surface area (Å²) in [6.45, 7) is 9.10. The Morgan fingerprint density at radius 1 is 0.900 bits per heavy atom. The first-order valence-electron chi connectivity index (χ1n) is 8.52. The van der Waals surface area contributed by atoms with Crippen molar-refractivity contribution < 1.29 is 0 Å². The van der Waals surface area contributed by atoms with Crippen molar-refractivity contribution in [3.8, 4) is 0 Å². The minimum absolute atomic E-state index is 0.451. The van der Waals surface area contributed by atoms with E-state index in [1.165, 1.54) is 56.1 Å². The number of benzene rings is 1. The maximum atomic E-state index is 3.72. The van der Waals surface area contributed by atoms with E-state index in [1.807, 2.05) is 0 Å². The predicted octanol–water partition coefficient (Wildman–Crippen LogP) is 5.65. The van der Waals surface area contributed by atoms with E-state index in [1.54, 1.807) is 0 Å². The minimum atomic E-state index is 0.451. The van der Waals surface area contributed by atoms with Crippen LogP contribution in [0, 0.1) is 0 Å². The van der Waals surface area contributed by atoms with Gasteiger partial charge in [0.1, 0.15) is 0 Å². The minimum Gasteiger partial charge on any atom is -0.308 e. The molecular formula is C19H33N. The van der Waals surface area contributed by atoms with Crippen LogP contribution in [0.5, 0.6) is 0 Å². The maximum Gasteiger partial charge on any atom is 0.0294 e. The number of nitrogens with one attached hydrogen (secondary N) is 1. The number of rotatable bonds is 10. The summed E-state index contributed by atoms with van der Waals surface area (Å²) in [5.41, 5.74) is 2.88. The van der Waals surface area contributed by atoms with E-state index in [4.69, 9.17) is 0 Å². The second kappa shape index (κ2) is 9.99. The van der Waals surface area contributed by atoms with Gasteiger partial charge in [-0.05, 0) is 44.2 Å². The Balaban J connectivity index is 2.40.